The highest BCUT2D eigenvalue weighted by atomic mass is 15.3. The number of benzene rings is 7. The maximum atomic E-state index is 5.36. The monoisotopic (exact) mass is 679 g/mol. The molecule has 11 rings (SSSR count). The molecule has 0 aliphatic heterocycles. The van der Waals surface area contributed by atoms with Crippen molar-refractivity contribution in [2.24, 2.45) is 0 Å². The first-order chi connectivity index (χ1) is 26.1. The molecule has 0 amide bonds. The maximum Gasteiger partial charge on any atom is 0.240 e. The summed E-state index contributed by atoms with van der Waals surface area (Å²) in [7, 11) is 0. The topological polar surface area (TPSA) is 48.5 Å². The molecule has 0 saturated heterocycles. The van der Waals surface area contributed by atoms with Gasteiger partial charge in [0.25, 0.3) is 0 Å². The molecule has 0 saturated carbocycles. The van der Waals surface area contributed by atoms with Crippen molar-refractivity contribution < 1.29 is 0 Å². The number of rotatable bonds is 4. The van der Waals surface area contributed by atoms with Gasteiger partial charge in [-0.3, -0.25) is 9.13 Å². The Bertz CT molecular complexity index is 2870. The van der Waals surface area contributed by atoms with E-state index in [4.69, 9.17) is 15.0 Å². The average molecular weight is 680 g/mol. The summed E-state index contributed by atoms with van der Waals surface area (Å²) >= 11 is 0. The number of hydrogen-bond donors (Lipinski definition) is 0. The van der Waals surface area contributed by atoms with Gasteiger partial charge in [0.05, 0.1) is 22.1 Å². The third kappa shape index (κ3) is 4.28. The van der Waals surface area contributed by atoms with Gasteiger partial charge < -0.3 is 0 Å². The second-order valence-corrected chi connectivity index (χ2v) is 14.5. The molecule has 1 aliphatic rings. The van der Waals surface area contributed by atoms with E-state index in [1.54, 1.807) is 0 Å². The summed E-state index contributed by atoms with van der Waals surface area (Å²) in [5.41, 5.74) is 12.6. The Hall–Kier alpha value is -6.85. The Labute approximate surface area is 306 Å². The molecule has 0 fully saturated rings. The van der Waals surface area contributed by atoms with Crippen LogP contribution in [0.5, 0.6) is 0 Å². The summed E-state index contributed by atoms with van der Waals surface area (Å²) in [6.45, 7) is 4.66. The predicted octanol–water partition coefficient (Wildman–Crippen LogP) is 11.7. The minimum Gasteiger partial charge on any atom is -0.278 e. The number of hydrogen-bond acceptors (Lipinski definition) is 3. The van der Waals surface area contributed by atoms with Gasteiger partial charge in [-0.05, 0) is 63.7 Å². The van der Waals surface area contributed by atoms with Crippen LogP contribution in [0.2, 0.25) is 0 Å². The first-order valence-corrected chi connectivity index (χ1v) is 18.1. The van der Waals surface area contributed by atoms with Crippen molar-refractivity contribution in [2.45, 2.75) is 19.3 Å². The summed E-state index contributed by atoms with van der Waals surface area (Å²) in [6, 6.07) is 58.2. The normalized spacial score (nSPS) is 13.2. The first kappa shape index (κ1) is 29.8. The standard InChI is InChI=1S/C48H33N5/c1-48(2)39-22-10-5-16-32(39)33-28-27-30(29-40(33)48)31-15-3-4-21-38(31)45-49-46(52-41-23-11-6-17-34(41)35-18-7-12-24-42(35)52)51-47(50-45)53-43-25-13-8-19-36(43)37-20-9-14-26-44(37)53/h3-29H,1-2H3. The van der Waals surface area contributed by atoms with E-state index >= 15 is 0 Å². The van der Waals surface area contributed by atoms with Gasteiger partial charge in [-0.1, -0.05) is 147 Å². The zero-order chi connectivity index (χ0) is 35.3. The van der Waals surface area contributed by atoms with Crippen molar-refractivity contribution in [3.63, 3.8) is 0 Å². The fourth-order valence-corrected chi connectivity index (χ4v) is 8.75. The Balaban J connectivity index is 1.20. The molecule has 0 atom stereocenters. The molecule has 1 aliphatic carbocycles. The average Bonchev–Trinajstić information content (AvgIpc) is 3.81. The smallest absolute Gasteiger partial charge is 0.240 e. The van der Waals surface area contributed by atoms with E-state index in [1.807, 2.05) is 0 Å². The molecule has 53 heavy (non-hydrogen) atoms. The molecule has 3 heterocycles. The molecule has 0 unspecified atom stereocenters. The molecule has 3 aromatic heterocycles. The molecule has 5 nitrogen and oxygen atoms in total. The fraction of sp³-hybridized carbons (Fsp3) is 0.0625. The zero-order valence-electron chi connectivity index (χ0n) is 29.3. The predicted molar refractivity (Wildman–Crippen MR) is 217 cm³/mol. The summed E-state index contributed by atoms with van der Waals surface area (Å²) in [5, 5.41) is 4.63. The molecule has 10 aromatic rings. The third-order valence-corrected chi connectivity index (χ3v) is 11.2. The van der Waals surface area contributed by atoms with Gasteiger partial charge >= 0.3 is 0 Å². The molecule has 5 heteroatoms. The lowest BCUT2D eigenvalue weighted by Crippen LogP contribution is -2.14. The molecule has 0 spiro atoms. The number of para-hydroxylation sites is 4. The van der Waals surface area contributed by atoms with Gasteiger partial charge in [-0.2, -0.15) is 15.0 Å². The fourth-order valence-electron chi connectivity index (χ4n) is 8.75. The van der Waals surface area contributed by atoms with Crippen LogP contribution in [0.15, 0.2) is 164 Å². The van der Waals surface area contributed by atoms with E-state index < -0.39 is 0 Å². The van der Waals surface area contributed by atoms with Gasteiger partial charge in [0, 0.05) is 32.5 Å². The van der Waals surface area contributed by atoms with Crippen LogP contribution < -0.4 is 0 Å². The second-order valence-electron chi connectivity index (χ2n) is 14.5. The van der Waals surface area contributed by atoms with E-state index in [2.05, 4.69) is 187 Å². The second kappa shape index (κ2) is 11.1. The number of aromatic nitrogens is 5. The quantitative estimate of drug-likeness (QED) is 0.186. The highest BCUT2D eigenvalue weighted by molar-refractivity contribution is 6.10. The van der Waals surface area contributed by atoms with Crippen LogP contribution in [0.25, 0.3) is 89.2 Å². The van der Waals surface area contributed by atoms with Crippen molar-refractivity contribution in [3.05, 3.63) is 175 Å². The highest BCUT2D eigenvalue weighted by Crippen LogP contribution is 2.50. The molecule has 7 aromatic carbocycles. The molecule has 0 bridgehead atoms. The van der Waals surface area contributed by atoms with Crippen LogP contribution in [-0.2, 0) is 5.41 Å². The lowest BCUT2D eigenvalue weighted by molar-refractivity contribution is 0.660. The SMILES string of the molecule is CC1(C)c2ccccc2-c2ccc(-c3ccccc3-c3nc(-n4c5ccccc5c5ccccc54)nc(-n4c5ccccc5c5ccccc54)n3)cc21. The van der Waals surface area contributed by atoms with Crippen LogP contribution in [0, 0.1) is 0 Å². The Morgan fingerprint density at radius 2 is 0.792 bits per heavy atom. The minimum absolute atomic E-state index is 0.114. The van der Waals surface area contributed by atoms with Crippen molar-refractivity contribution in [1.82, 2.24) is 24.1 Å². The molecular formula is C48H33N5. The molecule has 0 radical (unpaired) electrons. The van der Waals surface area contributed by atoms with Gasteiger partial charge in [0.2, 0.25) is 11.9 Å². The lowest BCUT2D eigenvalue weighted by atomic mass is 9.81. The summed E-state index contributed by atoms with van der Waals surface area (Å²) in [6.07, 6.45) is 0. The van der Waals surface area contributed by atoms with Crippen LogP contribution in [-0.4, -0.2) is 24.1 Å². The van der Waals surface area contributed by atoms with Crippen molar-refractivity contribution in [2.75, 3.05) is 0 Å². The lowest BCUT2D eigenvalue weighted by Gasteiger charge is -2.22. The first-order valence-electron chi connectivity index (χ1n) is 18.1. The number of fused-ring (bicyclic) bond motifs is 9. The van der Waals surface area contributed by atoms with Crippen molar-refractivity contribution in [3.8, 4) is 45.5 Å². The van der Waals surface area contributed by atoms with E-state index in [0.29, 0.717) is 17.7 Å². The molecular weight excluding hydrogens is 647 g/mol. The number of nitrogens with zero attached hydrogens (tertiary/aromatic N) is 5. The highest BCUT2D eigenvalue weighted by Gasteiger charge is 2.35. The van der Waals surface area contributed by atoms with E-state index in [-0.39, 0.29) is 5.41 Å². The van der Waals surface area contributed by atoms with Gasteiger partial charge in [-0.25, -0.2) is 0 Å². The van der Waals surface area contributed by atoms with Crippen molar-refractivity contribution in [1.29, 1.82) is 0 Å². The van der Waals surface area contributed by atoms with Gasteiger partial charge in [0.1, 0.15) is 0 Å². The zero-order valence-corrected chi connectivity index (χ0v) is 29.3. The largest absolute Gasteiger partial charge is 0.278 e. The van der Waals surface area contributed by atoms with Crippen LogP contribution >= 0.6 is 0 Å². The van der Waals surface area contributed by atoms with E-state index in [9.17, 15) is 0 Å². The molecule has 250 valence electrons. The van der Waals surface area contributed by atoms with Gasteiger partial charge in [0.15, 0.2) is 5.82 Å². The van der Waals surface area contributed by atoms with Crippen molar-refractivity contribution >= 4 is 43.6 Å². The van der Waals surface area contributed by atoms with Gasteiger partial charge in [-0.15, -0.1) is 0 Å². The summed E-state index contributed by atoms with van der Waals surface area (Å²) < 4.78 is 4.37. The summed E-state index contributed by atoms with van der Waals surface area (Å²) in [5.74, 6) is 1.77. The molecule has 0 N–H and O–H groups in total. The Morgan fingerprint density at radius 3 is 1.32 bits per heavy atom. The Kier molecular flexibility index (Phi) is 6.23. The van der Waals surface area contributed by atoms with Crippen LogP contribution in [0.3, 0.4) is 0 Å². The third-order valence-electron chi connectivity index (χ3n) is 11.2. The van der Waals surface area contributed by atoms with E-state index in [0.717, 1.165) is 60.3 Å². The van der Waals surface area contributed by atoms with E-state index in [1.165, 1.54) is 22.3 Å². The Morgan fingerprint density at radius 1 is 0.377 bits per heavy atom. The van der Waals surface area contributed by atoms with Crippen LogP contribution in [0.1, 0.15) is 25.0 Å². The summed E-state index contributed by atoms with van der Waals surface area (Å²) in [4.78, 5) is 16.1. The minimum atomic E-state index is -0.114. The maximum absolute atomic E-state index is 5.36. The van der Waals surface area contributed by atoms with Crippen LogP contribution in [0.4, 0.5) is 0 Å².